The second kappa shape index (κ2) is 4.77. The first-order chi connectivity index (χ1) is 6.15. The third-order valence-electron chi connectivity index (χ3n) is 1.52. The summed E-state index contributed by atoms with van der Waals surface area (Å²) < 4.78 is 13.1. The van der Waals surface area contributed by atoms with Crippen molar-refractivity contribution >= 4 is 33.5 Å². The van der Waals surface area contributed by atoms with Gasteiger partial charge in [-0.1, -0.05) is 0 Å². The second-order valence-corrected chi connectivity index (χ2v) is 4.21. The monoisotopic (exact) mass is 262 g/mol. The Morgan fingerprint density at radius 1 is 1.62 bits per heavy atom. The minimum Gasteiger partial charge on any atom is -0.293 e. The maximum absolute atomic E-state index is 12.8. The number of hydrogen-bond donors (Lipinski definition) is 0. The number of carbonyl (C=O) groups excluding carboxylic acids is 1. The molecule has 0 saturated carbocycles. The van der Waals surface area contributed by atoms with Gasteiger partial charge < -0.3 is 0 Å². The third-order valence-corrected chi connectivity index (χ3v) is 2.68. The molecule has 1 aromatic carbocycles. The lowest BCUT2D eigenvalue weighted by atomic mass is 10.1. The number of ketones is 1. The van der Waals surface area contributed by atoms with Gasteiger partial charge in [-0.15, -0.1) is 0 Å². The summed E-state index contributed by atoms with van der Waals surface area (Å²) in [6.07, 6.45) is 1.86. The molecular formula is C9H8BrFOS. The van der Waals surface area contributed by atoms with Crippen molar-refractivity contribution in [1.29, 1.82) is 0 Å². The van der Waals surface area contributed by atoms with Gasteiger partial charge in [0.15, 0.2) is 5.78 Å². The van der Waals surface area contributed by atoms with Crippen molar-refractivity contribution < 1.29 is 9.18 Å². The molecule has 13 heavy (non-hydrogen) atoms. The van der Waals surface area contributed by atoms with Gasteiger partial charge in [0.25, 0.3) is 0 Å². The lowest BCUT2D eigenvalue weighted by molar-refractivity contribution is 0.102. The molecule has 0 unspecified atom stereocenters. The van der Waals surface area contributed by atoms with E-state index in [1.807, 2.05) is 6.26 Å². The SMILES string of the molecule is CSCC(=O)c1ccc(F)c(Br)c1. The maximum Gasteiger partial charge on any atom is 0.172 e. The van der Waals surface area contributed by atoms with Gasteiger partial charge in [-0.05, 0) is 40.4 Å². The summed E-state index contributed by atoms with van der Waals surface area (Å²) >= 11 is 4.49. The molecule has 0 amide bonds. The van der Waals surface area contributed by atoms with Crippen LogP contribution >= 0.6 is 27.7 Å². The maximum atomic E-state index is 12.8. The minimum atomic E-state index is -0.347. The number of halogens is 2. The van der Waals surface area contributed by atoms with Crippen LogP contribution in [0.5, 0.6) is 0 Å². The molecule has 0 bridgehead atoms. The van der Waals surface area contributed by atoms with Crippen molar-refractivity contribution in [2.45, 2.75) is 0 Å². The van der Waals surface area contributed by atoms with E-state index in [4.69, 9.17) is 0 Å². The highest BCUT2D eigenvalue weighted by Gasteiger charge is 2.07. The predicted molar refractivity (Wildman–Crippen MR) is 56.8 cm³/mol. The van der Waals surface area contributed by atoms with E-state index < -0.39 is 0 Å². The van der Waals surface area contributed by atoms with Crippen molar-refractivity contribution in [2.24, 2.45) is 0 Å². The number of benzene rings is 1. The third kappa shape index (κ3) is 2.81. The summed E-state index contributed by atoms with van der Waals surface area (Å²) in [5, 5.41) is 0. The number of rotatable bonds is 3. The van der Waals surface area contributed by atoms with Crippen molar-refractivity contribution in [3.63, 3.8) is 0 Å². The fraction of sp³-hybridized carbons (Fsp3) is 0.222. The van der Waals surface area contributed by atoms with Gasteiger partial charge in [0.1, 0.15) is 5.82 Å². The van der Waals surface area contributed by atoms with E-state index in [2.05, 4.69) is 15.9 Å². The van der Waals surface area contributed by atoms with Crippen LogP contribution in [0.1, 0.15) is 10.4 Å². The highest BCUT2D eigenvalue weighted by atomic mass is 79.9. The molecule has 0 spiro atoms. The number of hydrogen-bond acceptors (Lipinski definition) is 2. The van der Waals surface area contributed by atoms with Crippen LogP contribution in [-0.2, 0) is 0 Å². The van der Waals surface area contributed by atoms with E-state index in [0.29, 0.717) is 15.8 Å². The summed E-state index contributed by atoms with van der Waals surface area (Å²) in [7, 11) is 0. The molecule has 1 nitrogen and oxygen atoms in total. The summed E-state index contributed by atoms with van der Waals surface area (Å²) in [5.74, 6) is 0.104. The summed E-state index contributed by atoms with van der Waals surface area (Å²) in [6.45, 7) is 0. The Bertz CT molecular complexity index is 327. The standard InChI is InChI=1S/C9H8BrFOS/c1-13-5-9(12)6-2-3-8(11)7(10)4-6/h2-4H,5H2,1H3. The molecule has 0 aliphatic rings. The lowest BCUT2D eigenvalue weighted by Gasteiger charge is -2.00. The minimum absolute atomic E-state index is 0.0215. The molecule has 1 aromatic rings. The fourth-order valence-electron chi connectivity index (χ4n) is 0.884. The quantitative estimate of drug-likeness (QED) is 0.779. The zero-order chi connectivity index (χ0) is 9.84. The average Bonchev–Trinajstić information content (AvgIpc) is 2.10. The molecule has 70 valence electrons. The molecular weight excluding hydrogens is 255 g/mol. The van der Waals surface area contributed by atoms with Crippen molar-refractivity contribution in [2.75, 3.05) is 12.0 Å². The van der Waals surface area contributed by atoms with Crippen LogP contribution in [0.3, 0.4) is 0 Å². The summed E-state index contributed by atoms with van der Waals surface area (Å²) in [6, 6.07) is 4.30. The van der Waals surface area contributed by atoms with E-state index in [9.17, 15) is 9.18 Å². The predicted octanol–water partition coefficient (Wildman–Crippen LogP) is 3.13. The van der Waals surface area contributed by atoms with Crippen LogP contribution in [0.25, 0.3) is 0 Å². The van der Waals surface area contributed by atoms with E-state index in [1.165, 1.54) is 30.0 Å². The van der Waals surface area contributed by atoms with Crippen molar-refractivity contribution in [3.8, 4) is 0 Å². The second-order valence-electron chi connectivity index (χ2n) is 2.49. The summed E-state index contributed by atoms with van der Waals surface area (Å²) in [5.41, 5.74) is 0.544. The molecule has 0 heterocycles. The highest BCUT2D eigenvalue weighted by molar-refractivity contribution is 9.10. The van der Waals surface area contributed by atoms with Gasteiger partial charge in [0.2, 0.25) is 0 Å². The average molecular weight is 263 g/mol. The number of Topliss-reactive ketones (excluding diaryl/α,β-unsaturated/α-hetero) is 1. The first-order valence-corrected chi connectivity index (χ1v) is 5.81. The molecule has 0 atom stereocenters. The normalized spacial score (nSPS) is 10.1. The Kier molecular flexibility index (Phi) is 3.93. The van der Waals surface area contributed by atoms with Gasteiger partial charge in [-0.3, -0.25) is 4.79 Å². The van der Waals surface area contributed by atoms with E-state index in [0.717, 1.165) is 0 Å². The molecule has 0 aromatic heterocycles. The number of thioether (sulfide) groups is 1. The Hall–Kier alpha value is -0.350. The fourth-order valence-corrected chi connectivity index (χ4v) is 1.69. The van der Waals surface area contributed by atoms with Crippen LogP contribution in [0, 0.1) is 5.82 Å². The van der Waals surface area contributed by atoms with Gasteiger partial charge in [0, 0.05) is 5.56 Å². The molecule has 0 aliphatic heterocycles. The van der Waals surface area contributed by atoms with Crippen molar-refractivity contribution in [1.82, 2.24) is 0 Å². The van der Waals surface area contributed by atoms with Crippen molar-refractivity contribution in [3.05, 3.63) is 34.1 Å². The Morgan fingerprint density at radius 3 is 2.85 bits per heavy atom. The van der Waals surface area contributed by atoms with Crippen LogP contribution in [0.4, 0.5) is 4.39 Å². The Labute approximate surface area is 88.8 Å². The zero-order valence-corrected chi connectivity index (χ0v) is 9.41. The highest BCUT2D eigenvalue weighted by Crippen LogP contribution is 2.17. The molecule has 0 fully saturated rings. The van der Waals surface area contributed by atoms with Gasteiger partial charge in [-0.25, -0.2) is 4.39 Å². The molecule has 1 rings (SSSR count). The first kappa shape index (κ1) is 10.7. The molecule has 0 saturated heterocycles. The number of carbonyl (C=O) groups is 1. The molecule has 4 heteroatoms. The van der Waals surface area contributed by atoms with E-state index >= 15 is 0 Å². The van der Waals surface area contributed by atoms with Gasteiger partial charge in [0.05, 0.1) is 10.2 Å². The zero-order valence-electron chi connectivity index (χ0n) is 7.01. The van der Waals surface area contributed by atoms with Crippen LogP contribution in [0.2, 0.25) is 0 Å². The van der Waals surface area contributed by atoms with Crippen LogP contribution in [-0.4, -0.2) is 17.8 Å². The largest absolute Gasteiger partial charge is 0.293 e. The van der Waals surface area contributed by atoms with Gasteiger partial charge >= 0.3 is 0 Å². The van der Waals surface area contributed by atoms with E-state index in [1.54, 1.807) is 0 Å². The molecule has 0 aliphatic carbocycles. The Morgan fingerprint density at radius 2 is 2.31 bits per heavy atom. The molecule has 0 N–H and O–H groups in total. The smallest absolute Gasteiger partial charge is 0.172 e. The first-order valence-electron chi connectivity index (χ1n) is 3.62. The Balaban J connectivity index is 2.90. The van der Waals surface area contributed by atoms with E-state index in [-0.39, 0.29) is 11.6 Å². The van der Waals surface area contributed by atoms with Crippen LogP contribution in [0.15, 0.2) is 22.7 Å². The van der Waals surface area contributed by atoms with Crippen LogP contribution < -0.4 is 0 Å². The van der Waals surface area contributed by atoms with Gasteiger partial charge in [-0.2, -0.15) is 11.8 Å². The lowest BCUT2D eigenvalue weighted by Crippen LogP contribution is -2.01. The molecule has 0 radical (unpaired) electrons. The summed E-state index contributed by atoms with van der Waals surface area (Å²) in [4.78, 5) is 11.3. The topological polar surface area (TPSA) is 17.1 Å².